The topological polar surface area (TPSA) is 43.1 Å². The lowest BCUT2D eigenvalue weighted by atomic mass is 9.59. The summed E-state index contributed by atoms with van der Waals surface area (Å²) >= 11 is 0. The molecular weight excluding hydrogens is 306 g/mol. The van der Waals surface area contributed by atoms with E-state index in [0.717, 1.165) is 31.1 Å². The number of fused-ring (bicyclic) bond motifs is 5. The first kappa shape index (κ1) is 15.7. The molecule has 0 aromatic rings. The first-order valence-electron chi connectivity index (χ1n) is 10.3. The fraction of sp³-hybridized carbons (Fsp3) is 0.609. The number of carbonyl (C=O) groups excluding carboxylic acids is 1. The molecule has 0 aromatic heterocycles. The Kier molecular flexibility index (Phi) is 3.76. The molecule has 5 unspecified atom stereocenters. The normalized spacial score (nSPS) is 39.4. The zero-order chi connectivity index (χ0) is 17.0. The maximum absolute atomic E-state index is 11.7. The molecule has 5 atom stereocenters. The van der Waals surface area contributed by atoms with Gasteiger partial charge >= 0.3 is 0 Å². The number of hydrogen-bond acceptors (Lipinski definition) is 1. The predicted octanol–water partition coefficient (Wildman–Crippen LogP) is 4.84. The van der Waals surface area contributed by atoms with Crippen LogP contribution in [-0.2, 0) is 4.79 Å². The van der Waals surface area contributed by atoms with Gasteiger partial charge in [0, 0.05) is 5.92 Å². The summed E-state index contributed by atoms with van der Waals surface area (Å²) < 4.78 is 0. The summed E-state index contributed by atoms with van der Waals surface area (Å²) in [6.45, 7) is 0. The molecule has 0 saturated heterocycles. The van der Waals surface area contributed by atoms with Gasteiger partial charge in [-0.3, -0.25) is 4.79 Å². The van der Waals surface area contributed by atoms with Crippen LogP contribution in [0, 0.1) is 29.6 Å². The molecule has 2 N–H and O–H groups in total. The third-order valence-electron chi connectivity index (χ3n) is 7.73. The number of hydrogen-bond donors (Lipinski definition) is 1. The van der Waals surface area contributed by atoms with E-state index in [1.165, 1.54) is 38.5 Å². The minimum absolute atomic E-state index is 0.0719. The molecule has 5 aliphatic carbocycles. The molecule has 0 heterocycles. The van der Waals surface area contributed by atoms with Crippen molar-refractivity contribution in [2.45, 2.75) is 57.8 Å². The average molecular weight is 335 g/mol. The van der Waals surface area contributed by atoms with Gasteiger partial charge < -0.3 is 5.73 Å². The van der Waals surface area contributed by atoms with Crippen molar-refractivity contribution in [3.8, 4) is 0 Å². The second-order valence-electron chi connectivity index (χ2n) is 8.85. The highest BCUT2D eigenvalue weighted by Gasteiger charge is 2.41. The van der Waals surface area contributed by atoms with Crippen LogP contribution in [0.25, 0.3) is 0 Å². The molecule has 1 saturated carbocycles. The molecule has 0 bridgehead atoms. The molecule has 0 spiro atoms. The van der Waals surface area contributed by atoms with Crippen LogP contribution >= 0.6 is 0 Å². The molecule has 2 heteroatoms. The van der Waals surface area contributed by atoms with Crippen LogP contribution in [0.15, 0.2) is 46.6 Å². The van der Waals surface area contributed by atoms with Gasteiger partial charge in [-0.25, -0.2) is 0 Å². The number of nitrogens with two attached hydrogens (primary N) is 1. The minimum Gasteiger partial charge on any atom is -0.369 e. The van der Waals surface area contributed by atoms with Crippen molar-refractivity contribution >= 4 is 5.91 Å². The van der Waals surface area contributed by atoms with E-state index in [0.29, 0.717) is 11.8 Å². The van der Waals surface area contributed by atoms with Crippen molar-refractivity contribution < 1.29 is 4.79 Å². The SMILES string of the molecule is NC(=O)C1CCC2CCC3C(=C2C1)C=CC1=C2C=CCCC2CCC13. The summed E-state index contributed by atoms with van der Waals surface area (Å²) in [5.41, 5.74) is 12.1. The summed E-state index contributed by atoms with van der Waals surface area (Å²) in [6, 6.07) is 0. The van der Waals surface area contributed by atoms with Crippen LogP contribution in [0.2, 0.25) is 0 Å². The van der Waals surface area contributed by atoms with Crippen LogP contribution in [-0.4, -0.2) is 5.91 Å². The molecule has 0 radical (unpaired) electrons. The summed E-state index contributed by atoms with van der Waals surface area (Å²) in [6.07, 6.45) is 20.7. The Morgan fingerprint density at radius 1 is 0.800 bits per heavy atom. The van der Waals surface area contributed by atoms with E-state index >= 15 is 0 Å². The molecule has 0 aromatic carbocycles. The first-order chi connectivity index (χ1) is 12.2. The van der Waals surface area contributed by atoms with Crippen molar-refractivity contribution in [3.05, 3.63) is 46.6 Å². The van der Waals surface area contributed by atoms with Crippen molar-refractivity contribution in [1.29, 1.82) is 0 Å². The van der Waals surface area contributed by atoms with Crippen LogP contribution < -0.4 is 5.73 Å². The Labute approximate surface area is 150 Å². The second kappa shape index (κ2) is 6.00. The van der Waals surface area contributed by atoms with Crippen LogP contribution in [0.4, 0.5) is 0 Å². The number of primary amides is 1. The van der Waals surface area contributed by atoms with E-state index in [1.807, 2.05) is 0 Å². The smallest absolute Gasteiger partial charge is 0.220 e. The maximum atomic E-state index is 11.7. The van der Waals surface area contributed by atoms with E-state index in [1.54, 1.807) is 22.3 Å². The van der Waals surface area contributed by atoms with Crippen molar-refractivity contribution in [1.82, 2.24) is 0 Å². The number of rotatable bonds is 1. The van der Waals surface area contributed by atoms with Crippen LogP contribution in [0.1, 0.15) is 57.8 Å². The molecular formula is C23H29NO. The highest BCUT2D eigenvalue weighted by atomic mass is 16.1. The molecule has 5 rings (SSSR count). The van der Waals surface area contributed by atoms with Gasteiger partial charge in [-0.1, -0.05) is 29.9 Å². The van der Waals surface area contributed by atoms with E-state index in [9.17, 15) is 4.79 Å². The summed E-state index contributed by atoms with van der Waals surface area (Å²) in [5.74, 6) is 2.91. The van der Waals surface area contributed by atoms with Crippen molar-refractivity contribution in [2.24, 2.45) is 35.3 Å². The third-order valence-corrected chi connectivity index (χ3v) is 7.73. The molecule has 0 aliphatic heterocycles. The largest absolute Gasteiger partial charge is 0.369 e. The third kappa shape index (κ3) is 2.48. The Bertz CT molecular complexity index is 722. The van der Waals surface area contributed by atoms with Gasteiger partial charge in [-0.05, 0) is 98.2 Å². The fourth-order valence-electron chi connectivity index (χ4n) is 6.45. The lowest BCUT2D eigenvalue weighted by Gasteiger charge is -2.46. The van der Waals surface area contributed by atoms with Gasteiger partial charge in [0.25, 0.3) is 0 Å². The van der Waals surface area contributed by atoms with Crippen molar-refractivity contribution in [2.75, 3.05) is 0 Å². The maximum Gasteiger partial charge on any atom is 0.220 e. The van der Waals surface area contributed by atoms with E-state index in [-0.39, 0.29) is 11.8 Å². The van der Waals surface area contributed by atoms with Gasteiger partial charge in [0.1, 0.15) is 0 Å². The second-order valence-corrected chi connectivity index (χ2v) is 8.85. The zero-order valence-electron chi connectivity index (χ0n) is 15.0. The Morgan fingerprint density at radius 2 is 1.52 bits per heavy atom. The van der Waals surface area contributed by atoms with Gasteiger partial charge in [0.05, 0.1) is 0 Å². The van der Waals surface area contributed by atoms with E-state index in [4.69, 9.17) is 5.73 Å². The minimum atomic E-state index is -0.0934. The number of amides is 1. The zero-order valence-corrected chi connectivity index (χ0v) is 15.0. The van der Waals surface area contributed by atoms with E-state index in [2.05, 4.69) is 24.3 Å². The average Bonchev–Trinajstić information content (AvgIpc) is 2.66. The fourth-order valence-corrected chi connectivity index (χ4v) is 6.45. The molecule has 2 nitrogen and oxygen atoms in total. The molecule has 1 fully saturated rings. The molecule has 1 amide bonds. The van der Waals surface area contributed by atoms with Crippen LogP contribution in [0.5, 0.6) is 0 Å². The Hall–Kier alpha value is -1.57. The van der Waals surface area contributed by atoms with Crippen molar-refractivity contribution in [3.63, 3.8) is 0 Å². The lowest BCUT2D eigenvalue weighted by molar-refractivity contribution is -0.122. The van der Waals surface area contributed by atoms with Gasteiger partial charge in [-0.15, -0.1) is 0 Å². The Morgan fingerprint density at radius 3 is 2.36 bits per heavy atom. The Balaban J connectivity index is 1.56. The summed E-state index contributed by atoms with van der Waals surface area (Å²) in [7, 11) is 0. The summed E-state index contributed by atoms with van der Waals surface area (Å²) in [4.78, 5) is 11.7. The molecule has 25 heavy (non-hydrogen) atoms. The van der Waals surface area contributed by atoms with Crippen LogP contribution in [0.3, 0.4) is 0 Å². The number of allylic oxidation sites excluding steroid dienone is 8. The monoisotopic (exact) mass is 335 g/mol. The highest BCUT2D eigenvalue weighted by Crippen LogP contribution is 2.53. The van der Waals surface area contributed by atoms with Gasteiger partial charge in [0.15, 0.2) is 0 Å². The lowest BCUT2D eigenvalue weighted by Crippen LogP contribution is -2.35. The molecule has 5 aliphatic rings. The molecule has 132 valence electrons. The summed E-state index contributed by atoms with van der Waals surface area (Å²) in [5, 5.41) is 0. The standard InChI is InChI=1S/C23H29NO/c24-23(25)16-6-5-15-8-10-20-19-9-7-14-3-1-2-4-17(14)18(19)11-12-21(20)22(15)13-16/h2,4,11-12,14-16,19-20H,1,3,5-10,13H2,(H2,24,25). The van der Waals surface area contributed by atoms with Gasteiger partial charge in [0.2, 0.25) is 5.91 Å². The van der Waals surface area contributed by atoms with E-state index < -0.39 is 0 Å². The highest BCUT2D eigenvalue weighted by molar-refractivity contribution is 5.77. The number of carbonyl (C=O) groups is 1. The predicted molar refractivity (Wildman–Crippen MR) is 101 cm³/mol. The van der Waals surface area contributed by atoms with Gasteiger partial charge in [-0.2, -0.15) is 0 Å². The first-order valence-corrected chi connectivity index (χ1v) is 10.3. The quantitative estimate of drug-likeness (QED) is 0.732.